The van der Waals surface area contributed by atoms with E-state index in [2.05, 4.69) is 15.2 Å². The van der Waals surface area contributed by atoms with Gasteiger partial charge in [0.05, 0.1) is 6.54 Å². The molecule has 1 unspecified atom stereocenters. The Balaban J connectivity index is 0.00000280. The predicted octanol–water partition coefficient (Wildman–Crippen LogP) is 2.24. The van der Waals surface area contributed by atoms with Gasteiger partial charge in [0, 0.05) is 44.9 Å². The molecule has 2 aliphatic rings. The summed E-state index contributed by atoms with van der Waals surface area (Å²) in [5, 5.41) is 3.97. The Morgan fingerprint density at radius 2 is 2.07 bits per heavy atom. The highest BCUT2D eigenvalue weighted by molar-refractivity contribution is 14.0. The standard InChI is InChI=1S/C19H27ClN4O3.HI/c1-21-19(22-7-13-26-16-5-2-4-15(20)14-16)24-10-8-23(9-11-24)18(25)17-6-3-12-27-17;/h2,4-5,14,17H,3,6-13H2,1H3,(H,21,22);1H. The molecule has 0 radical (unpaired) electrons. The van der Waals surface area contributed by atoms with E-state index in [-0.39, 0.29) is 36.0 Å². The van der Waals surface area contributed by atoms with Crippen molar-refractivity contribution in [2.75, 3.05) is 53.0 Å². The predicted molar refractivity (Wildman–Crippen MR) is 121 cm³/mol. The first-order valence-electron chi connectivity index (χ1n) is 9.42. The number of carbonyl (C=O) groups excluding carboxylic acids is 1. The molecule has 2 fully saturated rings. The summed E-state index contributed by atoms with van der Waals surface area (Å²) < 4.78 is 11.2. The second-order valence-corrected chi connectivity index (χ2v) is 7.03. The van der Waals surface area contributed by atoms with E-state index in [0.717, 1.165) is 37.6 Å². The van der Waals surface area contributed by atoms with E-state index in [1.165, 1.54) is 0 Å². The number of aliphatic imine (C=N–C) groups is 1. The highest BCUT2D eigenvalue weighted by atomic mass is 127. The molecule has 1 aromatic carbocycles. The molecule has 2 aliphatic heterocycles. The maximum absolute atomic E-state index is 12.4. The summed E-state index contributed by atoms with van der Waals surface area (Å²) in [7, 11) is 1.77. The van der Waals surface area contributed by atoms with Crippen LogP contribution < -0.4 is 10.1 Å². The smallest absolute Gasteiger partial charge is 0.251 e. The van der Waals surface area contributed by atoms with Gasteiger partial charge in [-0.15, -0.1) is 24.0 Å². The maximum Gasteiger partial charge on any atom is 0.251 e. The first kappa shape index (κ1) is 23.0. The van der Waals surface area contributed by atoms with Gasteiger partial charge >= 0.3 is 0 Å². The molecule has 0 aromatic heterocycles. The topological polar surface area (TPSA) is 66.4 Å². The van der Waals surface area contributed by atoms with Crippen molar-refractivity contribution in [1.82, 2.24) is 15.1 Å². The van der Waals surface area contributed by atoms with Gasteiger partial charge in [-0.2, -0.15) is 0 Å². The van der Waals surface area contributed by atoms with Gasteiger partial charge in [-0.3, -0.25) is 9.79 Å². The van der Waals surface area contributed by atoms with Gasteiger partial charge in [0.2, 0.25) is 0 Å². The van der Waals surface area contributed by atoms with Crippen LogP contribution in [0.15, 0.2) is 29.3 Å². The Hall–Kier alpha value is -1.26. The fourth-order valence-electron chi connectivity index (χ4n) is 3.34. The zero-order valence-corrected chi connectivity index (χ0v) is 19.2. The minimum Gasteiger partial charge on any atom is -0.492 e. The first-order valence-corrected chi connectivity index (χ1v) is 9.79. The van der Waals surface area contributed by atoms with Crippen LogP contribution in [-0.4, -0.2) is 80.8 Å². The van der Waals surface area contributed by atoms with E-state index in [4.69, 9.17) is 21.1 Å². The molecule has 0 saturated carbocycles. The summed E-state index contributed by atoms with van der Waals surface area (Å²) in [5.74, 6) is 1.71. The lowest BCUT2D eigenvalue weighted by Gasteiger charge is -2.37. The van der Waals surface area contributed by atoms with Crippen LogP contribution in [0.3, 0.4) is 0 Å². The lowest BCUT2D eigenvalue weighted by Crippen LogP contribution is -2.55. The minimum atomic E-state index is -0.238. The number of benzene rings is 1. The third-order valence-corrected chi connectivity index (χ3v) is 4.99. The number of halogens is 2. The van der Waals surface area contributed by atoms with Crippen LogP contribution in [0.4, 0.5) is 0 Å². The van der Waals surface area contributed by atoms with Crippen molar-refractivity contribution in [3.05, 3.63) is 29.3 Å². The van der Waals surface area contributed by atoms with E-state index in [0.29, 0.717) is 37.9 Å². The second kappa shape index (κ2) is 11.7. The van der Waals surface area contributed by atoms with Crippen molar-refractivity contribution < 1.29 is 14.3 Å². The van der Waals surface area contributed by atoms with E-state index in [1.54, 1.807) is 13.1 Å². The summed E-state index contributed by atoms with van der Waals surface area (Å²) >= 11 is 5.95. The lowest BCUT2D eigenvalue weighted by molar-refractivity contribution is -0.142. The van der Waals surface area contributed by atoms with E-state index >= 15 is 0 Å². The Kier molecular flexibility index (Phi) is 9.60. The quantitative estimate of drug-likeness (QED) is 0.278. The molecule has 1 N–H and O–H groups in total. The normalized spacial score (nSPS) is 19.9. The molecule has 1 atom stereocenters. The van der Waals surface area contributed by atoms with E-state index in [9.17, 15) is 4.79 Å². The number of nitrogens with zero attached hydrogens (tertiary/aromatic N) is 3. The zero-order chi connectivity index (χ0) is 19.1. The van der Waals surface area contributed by atoms with Crippen LogP contribution in [-0.2, 0) is 9.53 Å². The fourth-order valence-corrected chi connectivity index (χ4v) is 3.52. The Morgan fingerprint density at radius 3 is 2.71 bits per heavy atom. The molecule has 156 valence electrons. The van der Waals surface area contributed by atoms with Crippen LogP contribution in [0.1, 0.15) is 12.8 Å². The van der Waals surface area contributed by atoms with Crippen LogP contribution in [0.2, 0.25) is 5.02 Å². The fraction of sp³-hybridized carbons (Fsp3) is 0.579. The molecule has 1 amide bonds. The largest absolute Gasteiger partial charge is 0.492 e. The summed E-state index contributed by atoms with van der Waals surface area (Å²) in [6.07, 6.45) is 1.58. The number of hydrogen-bond acceptors (Lipinski definition) is 4. The minimum absolute atomic E-state index is 0. The molecule has 2 saturated heterocycles. The molecular formula is C19H28ClIN4O3. The van der Waals surface area contributed by atoms with Crippen molar-refractivity contribution in [1.29, 1.82) is 0 Å². The van der Waals surface area contributed by atoms with Crippen LogP contribution >= 0.6 is 35.6 Å². The average Bonchev–Trinajstić information content (AvgIpc) is 3.23. The molecule has 9 heteroatoms. The van der Waals surface area contributed by atoms with Gasteiger partial charge in [0.1, 0.15) is 18.5 Å². The molecule has 7 nitrogen and oxygen atoms in total. The van der Waals surface area contributed by atoms with Crippen molar-refractivity contribution in [3.8, 4) is 5.75 Å². The highest BCUT2D eigenvalue weighted by Gasteiger charge is 2.30. The van der Waals surface area contributed by atoms with Crippen LogP contribution in [0.5, 0.6) is 5.75 Å². The molecule has 0 aliphatic carbocycles. The highest BCUT2D eigenvalue weighted by Crippen LogP contribution is 2.17. The number of piperazine rings is 1. The lowest BCUT2D eigenvalue weighted by atomic mass is 10.2. The molecule has 1 aromatic rings. The molecule has 2 heterocycles. The van der Waals surface area contributed by atoms with Crippen molar-refractivity contribution in [2.24, 2.45) is 4.99 Å². The van der Waals surface area contributed by atoms with Crippen LogP contribution in [0.25, 0.3) is 0 Å². The van der Waals surface area contributed by atoms with Crippen molar-refractivity contribution in [3.63, 3.8) is 0 Å². The number of guanidine groups is 1. The van der Waals surface area contributed by atoms with Crippen LogP contribution in [0, 0.1) is 0 Å². The molecular weight excluding hydrogens is 495 g/mol. The Labute approximate surface area is 188 Å². The van der Waals surface area contributed by atoms with Gasteiger partial charge in [-0.05, 0) is 31.0 Å². The number of ether oxygens (including phenoxy) is 2. The zero-order valence-electron chi connectivity index (χ0n) is 16.1. The Bertz CT molecular complexity index is 662. The number of carbonyl (C=O) groups is 1. The van der Waals surface area contributed by atoms with E-state index < -0.39 is 0 Å². The first-order chi connectivity index (χ1) is 13.2. The van der Waals surface area contributed by atoms with Gasteiger partial charge in [-0.25, -0.2) is 0 Å². The molecule has 0 bridgehead atoms. The Morgan fingerprint density at radius 1 is 1.32 bits per heavy atom. The number of amides is 1. The van der Waals surface area contributed by atoms with Gasteiger partial charge in [0.15, 0.2) is 5.96 Å². The summed E-state index contributed by atoms with van der Waals surface area (Å²) in [4.78, 5) is 20.8. The van der Waals surface area contributed by atoms with E-state index in [1.807, 2.05) is 23.1 Å². The molecule has 28 heavy (non-hydrogen) atoms. The third kappa shape index (κ3) is 6.38. The molecule has 3 rings (SSSR count). The number of nitrogens with one attached hydrogen (secondary N) is 1. The van der Waals surface area contributed by atoms with Gasteiger partial charge < -0.3 is 24.6 Å². The summed E-state index contributed by atoms with van der Waals surface area (Å²) in [5.41, 5.74) is 0. The number of rotatable bonds is 5. The number of hydrogen-bond donors (Lipinski definition) is 1. The molecule has 0 spiro atoms. The van der Waals surface area contributed by atoms with Crippen molar-refractivity contribution >= 4 is 47.4 Å². The SMILES string of the molecule is CN=C(NCCOc1cccc(Cl)c1)N1CCN(C(=O)C2CCCO2)CC1.I. The third-order valence-electron chi connectivity index (χ3n) is 4.76. The summed E-state index contributed by atoms with van der Waals surface area (Å²) in [6, 6.07) is 7.35. The van der Waals surface area contributed by atoms with Gasteiger partial charge in [-0.1, -0.05) is 17.7 Å². The second-order valence-electron chi connectivity index (χ2n) is 6.59. The van der Waals surface area contributed by atoms with Gasteiger partial charge in [0.25, 0.3) is 5.91 Å². The summed E-state index contributed by atoms with van der Waals surface area (Å²) in [6.45, 7) is 4.74. The maximum atomic E-state index is 12.4. The average molecular weight is 523 g/mol. The monoisotopic (exact) mass is 522 g/mol. The van der Waals surface area contributed by atoms with Crippen molar-refractivity contribution in [2.45, 2.75) is 18.9 Å².